The molecule has 0 unspecified atom stereocenters. The first-order valence-corrected chi connectivity index (χ1v) is 9.98. The Morgan fingerprint density at radius 2 is 1.53 bits per heavy atom. The van der Waals surface area contributed by atoms with Crippen molar-refractivity contribution >= 4 is 17.7 Å². The van der Waals surface area contributed by atoms with E-state index >= 15 is 0 Å². The van der Waals surface area contributed by atoms with E-state index in [4.69, 9.17) is 4.42 Å². The van der Waals surface area contributed by atoms with Gasteiger partial charge in [0.1, 0.15) is 17.6 Å². The second-order valence-corrected chi connectivity index (χ2v) is 8.79. The van der Waals surface area contributed by atoms with Crippen molar-refractivity contribution in [2.45, 2.75) is 59.9 Å². The normalized spacial score (nSPS) is 12.4. The molecule has 3 N–H and O–H groups in total. The van der Waals surface area contributed by atoms with Crippen molar-refractivity contribution in [3.8, 4) is 0 Å². The smallest absolute Gasteiger partial charge is 0.273 e. The van der Waals surface area contributed by atoms with Gasteiger partial charge in [-0.15, -0.1) is 0 Å². The first-order chi connectivity index (χ1) is 13.9. The van der Waals surface area contributed by atoms with Crippen LogP contribution in [0.4, 0.5) is 0 Å². The Labute approximate surface area is 177 Å². The van der Waals surface area contributed by atoms with E-state index in [-0.39, 0.29) is 17.2 Å². The molecule has 7 nitrogen and oxygen atoms in total. The van der Waals surface area contributed by atoms with Crippen LogP contribution in [0.5, 0.6) is 0 Å². The lowest BCUT2D eigenvalue weighted by atomic mass is 9.86. The van der Waals surface area contributed by atoms with Gasteiger partial charge in [-0.3, -0.25) is 25.2 Å². The van der Waals surface area contributed by atoms with E-state index in [0.717, 1.165) is 5.56 Å². The predicted octanol–water partition coefficient (Wildman–Crippen LogP) is 3.41. The Morgan fingerprint density at radius 1 is 0.933 bits per heavy atom. The summed E-state index contributed by atoms with van der Waals surface area (Å²) in [6, 6.07) is 8.10. The molecule has 1 aromatic carbocycles. The maximum absolute atomic E-state index is 12.6. The van der Waals surface area contributed by atoms with Gasteiger partial charge >= 0.3 is 0 Å². The van der Waals surface area contributed by atoms with Crippen LogP contribution in [-0.2, 0) is 10.2 Å². The van der Waals surface area contributed by atoms with E-state index in [9.17, 15) is 14.4 Å². The largest absolute Gasteiger partial charge is 0.466 e. The van der Waals surface area contributed by atoms with Crippen LogP contribution in [0.25, 0.3) is 0 Å². The number of carbonyl (C=O) groups is 3. The number of rotatable bonds is 5. The van der Waals surface area contributed by atoms with Gasteiger partial charge in [-0.1, -0.05) is 46.8 Å². The Balaban J connectivity index is 2.02. The molecule has 0 radical (unpaired) electrons. The predicted molar refractivity (Wildman–Crippen MR) is 115 cm³/mol. The zero-order valence-corrected chi connectivity index (χ0v) is 18.7. The third-order valence-corrected chi connectivity index (χ3v) is 4.83. The Kier molecular flexibility index (Phi) is 7.08. The summed E-state index contributed by atoms with van der Waals surface area (Å²) < 4.78 is 5.33. The van der Waals surface area contributed by atoms with Crippen LogP contribution in [0.15, 0.2) is 34.7 Å². The van der Waals surface area contributed by atoms with Gasteiger partial charge in [-0.05, 0) is 48.9 Å². The highest BCUT2D eigenvalue weighted by atomic mass is 16.3. The first-order valence-electron chi connectivity index (χ1n) is 9.98. The molecule has 1 atom stereocenters. The maximum Gasteiger partial charge on any atom is 0.273 e. The zero-order valence-electron chi connectivity index (χ0n) is 18.7. The molecule has 0 fully saturated rings. The maximum atomic E-state index is 12.6. The number of nitrogens with one attached hydrogen (secondary N) is 3. The highest BCUT2D eigenvalue weighted by molar-refractivity contribution is 5.99. The van der Waals surface area contributed by atoms with Crippen LogP contribution in [0.2, 0.25) is 0 Å². The lowest BCUT2D eigenvalue weighted by Gasteiger charge is -2.22. The molecule has 0 saturated carbocycles. The van der Waals surface area contributed by atoms with Crippen molar-refractivity contribution in [2.75, 3.05) is 0 Å². The van der Waals surface area contributed by atoms with E-state index < -0.39 is 17.9 Å². The molecule has 7 heteroatoms. The van der Waals surface area contributed by atoms with E-state index in [0.29, 0.717) is 22.6 Å². The highest BCUT2D eigenvalue weighted by Gasteiger charge is 2.26. The van der Waals surface area contributed by atoms with Gasteiger partial charge in [0.05, 0.1) is 5.56 Å². The van der Waals surface area contributed by atoms with E-state index in [1.54, 1.807) is 32.0 Å². The van der Waals surface area contributed by atoms with E-state index in [1.807, 2.05) is 26.0 Å². The number of hydrogen-bond acceptors (Lipinski definition) is 4. The van der Waals surface area contributed by atoms with Crippen LogP contribution in [0.1, 0.15) is 72.4 Å². The fourth-order valence-corrected chi connectivity index (χ4v) is 3.00. The Bertz CT molecular complexity index is 921. The molecule has 162 valence electrons. The Hall–Kier alpha value is -3.09. The van der Waals surface area contributed by atoms with Crippen LogP contribution in [0.3, 0.4) is 0 Å². The van der Waals surface area contributed by atoms with E-state index in [2.05, 4.69) is 36.9 Å². The number of furan rings is 1. The van der Waals surface area contributed by atoms with E-state index in [1.165, 1.54) is 0 Å². The molecule has 0 aliphatic carbocycles. The summed E-state index contributed by atoms with van der Waals surface area (Å²) in [5.41, 5.74) is 6.68. The molecule has 30 heavy (non-hydrogen) atoms. The summed E-state index contributed by atoms with van der Waals surface area (Å²) in [6.45, 7) is 13.3. The molecule has 0 bridgehead atoms. The molecule has 1 aromatic heterocycles. The monoisotopic (exact) mass is 413 g/mol. The summed E-state index contributed by atoms with van der Waals surface area (Å²) in [4.78, 5) is 37.5. The van der Waals surface area contributed by atoms with Crippen LogP contribution < -0.4 is 16.2 Å². The Morgan fingerprint density at radius 3 is 2.00 bits per heavy atom. The fraction of sp³-hybridized carbons (Fsp3) is 0.435. The highest BCUT2D eigenvalue weighted by Crippen LogP contribution is 2.22. The number of amides is 3. The first kappa shape index (κ1) is 23.2. The summed E-state index contributed by atoms with van der Waals surface area (Å²) in [6.07, 6.45) is 0. The number of benzene rings is 1. The van der Waals surface area contributed by atoms with Gasteiger partial charge in [0, 0.05) is 5.56 Å². The van der Waals surface area contributed by atoms with Gasteiger partial charge in [-0.2, -0.15) is 0 Å². The average Bonchev–Trinajstić information content (AvgIpc) is 3.01. The molecular weight excluding hydrogens is 382 g/mol. The summed E-state index contributed by atoms with van der Waals surface area (Å²) in [5, 5.41) is 2.75. The standard InChI is InChI=1S/C23H31N3O4/c1-13(2)19(22(29)26-25-21(28)18-12-14(3)30-15(18)4)24-20(27)16-8-10-17(11-9-16)23(5,6)7/h8-13,19H,1-7H3,(H,24,27)(H,25,28)(H,26,29)/t19-/m0/s1. The van der Waals surface area contributed by atoms with Gasteiger partial charge < -0.3 is 9.73 Å². The van der Waals surface area contributed by atoms with Crippen LogP contribution >= 0.6 is 0 Å². The minimum Gasteiger partial charge on any atom is -0.466 e. The zero-order chi connectivity index (χ0) is 22.6. The third kappa shape index (κ3) is 5.72. The lowest BCUT2D eigenvalue weighted by Crippen LogP contribution is -2.54. The molecule has 0 aliphatic rings. The van der Waals surface area contributed by atoms with Gasteiger partial charge in [-0.25, -0.2) is 0 Å². The molecule has 2 rings (SSSR count). The van der Waals surface area contributed by atoms with Gasteiger partial charge in [0.15, 0.2) is 0 Å². The van der Waals surface area contributed by atoms with Crippen molar-refractivity contribution in [1.82, 2.24) is 16.2 Å². The van der Waals surface area contributed by atoms with Crippen molar-refractivity contribution < 1.29 is 18.8 Å². The molecule has 1 heterocycles. The summed E-state index contributed by atoms with van der Waals surface area (Å²) in [7, 11) is 0. The number of carbonyl (C=O) groups excluding carboxylic acids is 3. The van der Waals surface area contributed by atoms with Crippen molar-refractivity contribution in [3.05, 3.63) is 58.5 Å². The summed E-state index contributed by atoms with van der Waals surface area (Å²) in [5.74, 6) is -0.449. The van der Waals surface area contributed by atoms with Crippen molar-refractivity contribution in [2.24, 2.45) is 5.92 Å². The minimum absolute atomic E-state index is 0.0144. The second kappa shape index (κ2) is 9.15. The third-order valence-electron chi connectivity index (χ3n) is 4.83. The molecule has 3 amide bonds. The topological polar surface area (TPSA) is 100 Å². The van der Waals surface area contributed by atoms with Crippen molar-refractivity contribution in [1.29, 1.82) is 0 Å². The van der Waals surface area contributed by atoms with Crippen molar-refractivity contribution in [3.63, 3.8) is 0 Å². The molecule has 2 aromatic rings. The molecule has 0 aliphatic heterocycles. The minimum atomic E-state index is -0.813. The molecule has 0 spiro atoms. The van der Waals surface area contributed by atoms with Gasteiger partial charge in [0.25, 0.3) is 17.7 Å². The van der Waals surface area contributed by atoms with Gasteiger partial charge in [0.2, 0.25) is 0 Å². The van der Waals surface area contributed by atoms with Crippen LogP contribution in [-0.4, -0.2) is 23.8 Å². The molecular formula is C23H31N3O4. The quantitative estimate of drug-likeness (QED) is 0.654. The number of hydrazine groups is 1. The fourth-order valence-electron chi connectivity index (χ4n) is 3.00. The second-order valence-electron chi connectivity index (χ2n) is 8.79. The van der Waals surface area contributed by atoms with Crippen LogP contribution in [0, 0.1) is 19.8 Å². The SMILES string of the molecule is Cc1cc(C(=O)NNC(=O)[C@@H](NC(=O)c2ccc(C(C)(C)C)cc2)C(C)C)c(C)o1. The summed E-state index contributed by atoms with van der Waals surface area (Å²) >= 11 is 0. The molecule has 0 saturated heterocycles. The lowest BCUT2D eigenvalue weighted by molar-refractivity contribution is -0.124. The number of aryl methyl sites for hydroxylation is 2. The number of hydrogen-bond donors (Lipinski definition) is 3. The average molecular weight is 414 g/mol.